The highest BCUT2D eigenvalue weighted by Crippen LogP contribution is 2.25. The molecule has 0 unspecified atom stereocenters. The first kappa shape index (κ1) is 19.0. The molecule has 1 amide bonds. The van der Waals surface area contributed by atoms with Crippen LogP contribution in [0.25, 0.3) is 5.69 Å². The van der Waals surface area contributed by atoms with Gasteiger partial charge in [0.1, 0.15) is 11.4 Å². The molecule has 7 heteroatoms. The average Bonchev–Trinajstić information content (AvgIpc) is 2.87. The van der Waals surface area contributed by atoms with E-state index in [1.807, 2.05) is 48.5 Å². The van der Waals surface area contributed by atoms with Gasteiger partial charge in [-0.25, -0.2) is 4.68 Å². The molecule has 1 heterocycles. The molecule has 6 nitrogen and oxygen atoms in total. The van der Waals surface area contributed by atoms with Crippen LogP contribution in [-0.2, 0) is 11.8 Å². The molecule has 0 aliphatic carbocycles. The molecule has 3 aromatic rings. The quantitative estimate of drug-likeness (QED) is 0.672. The van der Waals surface area contributed by atoms with Gasteiger partial charge in [0, 0.05) is 7.05 Å². The SMILES string of the molecule is Cc1c(NC(=O)[C@H](C)Oc2ccccc2Br)c(=O)n(-c2ccccc2)n1C. The number of ether oxygens (including phenoxy) is 1. The van der Waals surface area contributed by atoms with E-state index in [1.54, 1.807) is 31.6 Å². The van der Waals surface area contributed by atoms with Crippen molar-refractivity contribution >= 4 is 27.5 Å². The number of nitrogens with one attached hydrogen (secondary N) is 1. The Morgan fingerprint density at radius 3 is 2.41 bits per heavy atom. The summed E-state index contributed by atoms with van der Waals surface area (Å²) >= 11 is 3.39. The van der Waals surface area contributed by atoms with Crippen molar-refractivity contribution in [3.05, 3.63) is 75.1 Å². The Bertz CT molecular complexity index is 1020. The number of carbonyl (C=O) groups is 1. The Hall–Kier alpha value is -2.80. The van der Waals surface area contributed by atoms with E-state index in [0.29, 0.717) is 11.4 Å². The molecule has 0 aliphatic heterocycles. The molecule has 0 saturated heterocycles. The first-order chi connectivity index (χ1) is 12.9. The Morgan fingerprint density at radius 2 is 1.74 bits per heavy atom. The number of carbonyl (C=O) groups excluding carboxylic acids is 1. The lowest BCUT2D eigenvalue weighted by Crippen LogP contribution is -2.32. The number of rotatable bonds is 5. The molecule has 0 fully saturated rings. The molecular weight excluding hydrogens is 410 g/mol. The summed E-state index contributed by atoms with van der Waals surface area (Å²) in [5.41, 5.74) is 1.34. The van der Waals surface area contributed by atoms with Crippen LogP contribution in [0.4, 0.5) is 5.69 Å². The molecular formula is C20H20BrN3O3. The number of nitrogens with zero attached hydrogens (tertiary/aromatic N) is 2. The molecule has 140 valence electrons. The highest BCUT2D eigenvalue weighted by molar-refractivity contribution is 9.10. The van der Waals surface area contributed by atoms with Gasteiger partial charge in [0.05, 0.1) is 15.9 Å². The standard InChI is InChI=1S/C20H20BrN3O3/c1-13-18(20(26)24(23(13)3)15-9-5-4-6-10-15)22-19(25)14(2)27-17-12-8-7-11-16(17)21/h4-12,14H,1-3H3,(H,22,25)/t14-/m0/s1. The number of halogens is 1. The summed E-state index contributed by atoms with van der Waals surface area (Å²) in [6.45, 7) is 3.43. The number of benzene rings is 2. The van der Waals surface area contributed by atoms with Gasteiger partial charge < -0.3 is 10.1 Å². The second-order valence-electron chi connectivity index (χ2n) is 6.12. The summed E-state index contributed by atoms with van der Waals surface area (Å²) in [6.07, 6.45) is -0.770. The van der Waals surface area contributed by atoms with Gasteiger partial charge in [0.15, 0.2) is 6.10 Å². The fourth-order valence-corrected chi connectivity index (χ4v) is 3.10. The number of para-hydroxylation sites is 2. The first-order valence-corrected chi connectivity index (χ1v) is 9.25. The van der Waals surface area contributed by atoms with E-state index in [9.17, 15) is 9.59 Å². The predicted octanol–water partition coefficient (Wildman–Crippen LogP) is 3.65. The third-order valence-corrected chi connectivity index (χ3v) is 4.97. The highest BCUT2D eigenvalue weighted by Gasteiger charge is 2.22. The third-order valence-electron chi connectivity index (χ3n) is 4.31. The Labute approximate surface area is 165 Å². The predicted molar refractivity (Wildman–Crippen MR) is 109 cm³/mol. The monoisotopic (exact) mass is 429 g/mol. The fraction of sp³-hybridized carbons (Fsp3) is 0.200. The van der Waals surface area contributed by atoms with Crippen molar-refractivity contribution in [1.82, 2.24) is 9.36 Å². The molecule has 1 N–H and O–H groups in total. The van der Waals surface area contributed by atoms with Crippen LogP contribution in [-0.4, -0.2) is 21.4 Å². The average molecular weight is 430 g/mol. The van der Waals surface area contributed by atoms with Crippen LogP contribution in [0.1, 0.15) is 12.6 Å². The molecule has 0 aliphatic rings. The first-order valence-electron chi connectivity index (χ1n) is 8.46. The summed E-state index contributed by atoms with van der Waals surface area (Å²) in [7, 11) is 1.78. The summed E-state index contributed by atoms with van der Waals surface area (Å²) in [6, 6.07) is 16.6. The van der Waals surface area contributed by atoms with Gasteiger partial charge in [-0.05, 0) is 54.0 Å². The van der Waals surface area contributed by atoms with E-state index in [2.05, 4.69) is 21.2 Å². The highest BCUT2D eigenvalue weighted by atomic mass is 79.9. The minimum Gasteiger partial charge on any atom is -0.480 e. The number of hydrogen-bond acceptors (Lipinski definition) is 3. The van der Waals surface area contributed by atoms with Gasteiger partial charge in [0.2, 0.25) is 0 Å². The normalized spacial score (nSPS) is 11.9. The molecule has 27 heavy (non-hydrogen) atoms. The van der Waals surface area contributed by atoms with E-state index in [0.717, 1.165) is 10.2 Å². The maximum absolute atomic E-state index is 12.9. The molecule has 0 radical (unpaired) electrons. The molecule has 0 bridgehead atoms. The van der Waals surface area contributed by atoms with Gasteiger partial charge in [-0.1, -0.05) is 30.3 Å². The zero-order valence-electron chi connectivity index (χ0n) is 15.3. The number of amides is 1. The molecule has 1 aromatic heterocycles. The second-order valence-corrected chi connectivity index (χ2v) is 6.97. The number of hydrogen-bond donors (Lipinski definition) is 1. The van der Waals surface area contributed by atoms with Crippen molar-refractivity contribution < 1.29 is 9.53 Å². The van der Waals surface area contributed by atoms with Crippen molar-refractivity contribution in [2.45, 2.75) is 20.0 Å². The van der Waals surface area contributed by atoms with Crippen LogP contribution in [0.2, 0.25) is 0 Å². The van der Waals surface area contributed by atoms with Gasteiger partial charge in [-0.15, -0.1) is 0 Å². The molecule has 0 spiro atoms. The Morgan fingerprint density at radius 1 is 1.11 bits per heavy atom. The van der Waals surface area contributed by atoms with Gasteiger partial charge in [-0.3, -0.25) is 14.3 Å². The maximum Gasteiger partial charge on any atom is 0.295 e. The van der Waals surface area contributed by atoms with Crippen LogP contribution < -0.4 is 15.6 Å². The smallest absolute Gasteiger partial charge is 0.295 e. The van der Waals surface area contributed by atoms with Crippen LogP contribution in [0.15, 0.2) is 63.9 Å². The Balaban J connectivity index is 1.84. The van der Waals surface area contributed by atoms with Gasteiger partial charge in [0.25, 0.3) is 11.5 Å². The van der Waals surface area contributed by atoms with E-state index < -0.39 is 12.0 Å². The van der Waals surface area contributed by atoms with E-state index in [4.69, 9.17) is 4.74 Å². The zero-order chi connectivity index (χ0) is 19.6. The van der Waals surface area contributed by atoms with Crippen LogP contribution in [0.3, 0.4) is 0 Å². The number of anilines is 1. The van der Waals surface area contributed by atoms with Crippen LogP contribution >= 0.6 is 15.9 Å². The fourth-order valence-electron chi connectivity index (χ4n) is 2.72. The molecule has 1 atom stereocenters. The largest absolute Gasteiger partial charge is 0.480 e. The molecule has 2 aromatic carbocycles. The zero-order valence-corrected chi connectivity index (χ0v) is 16.9. The lowest BCUT2D eigenvalue weighted by atomic mass is 10.3. The van der Waals surface area contributed by atoms with Crippen LogP contribution in [0, 0.1) is 6.92 Å². The van der Waals surface area contributed by atoms with E-state index in [1.165, 1.54) is 4.68 Å². The number of aromatic nitrogens is 2. The van der Waals surface area contributed by atoms with Crippen molar-refractivity contribution in [3.8, 4) is 11.4 Å². The third kappa shape index (κ3) is 3.83. The van der Waals surface area contributed by atoms with Crippen molar-refractivity contribution in [1.29, 1.82) is 0 Å². The Kier molecular flexibility index (Phi) is 5.51. The van der Waals surface area contributed by atoms with Gasteiger partial charge >= 0.3 is 0 Å². The van der Waals surface area contributed by atoms with E-state index in [-0.39, 0.29) is 11.2 Å². The lowest BCUT2D eigenvalue weighted by molar-refractivity contribution is -0.122. The summed E-state index contributed by atoms with van der Waals surface area (Å²) in [5, 5.41) is 2.72. The topological polar surface area (TPSA) is 65.3 Å². The minimum absolute atomic E-state index is 0.244. The van der Waals surface area contributed by atoms with Crippen LogP contribution in [0.5, 0.6) is 5.75 Å². The minimum atomic E-state index is -0.770. The maximum atomic E-state index is 12.9. The van der Waals surface area contributed by atoms with Crippen molar-refractivity contribution in [3.63, 3.8) is 0 Å². The second kappa shape index (κ2) is 7.84. The summed E-state index contributed by atoms with van der Waals surface area (Å²) in [4.78, 5) is 25.4. The summed E-state index contributed by atoms with van der Waals surface area (Å²) < 4.78 is 9.70. The lowest BCUT2D eigenvalue weighted by Gasteiger charge is -2.15. The van der Waals surface area contributed by atoms with Crippen molar-refractivity contribution in [2.24, 2.45) is 7.05 Å². The molecule has 3 rings (SSSR count). The van der Waals surface area contributed by atoms with Gasteiger partial charge in [-0.2, -0.15) is 0 Å². The molecule has 0 saturated carbocycles. The van der Waals surface area contributed by atoms with E-state index >= 15 is 0 Å². The summed E-state index contributed by atoms with van der Waals surface area (Å²) in [5.74, 6) is 0.170. The van der Waals surface area contributed by atoms with Crippen molar-refractivity contribution in [2.75, 3.05) is 5.32 Å².